The van der Waals surface area contributed by atoms with Gasteiger partial charge in [-0.1, -0.05) is 164 Å². The van der Waals surface area contributed by atoms with E-state index in [9.17, 15) is 14.3 Å². The first-order chi connectivity index (χ1) is 25.4. The van der Waals surface area contributed by atoms with Crippen LogP contribution in [0.1, 0.15) is 168 Å². The van der Waals surface area contributed by atoms with Gasteiger partial charge in [0.05, 0.1) is 26.4 Å². The Bertz CT molecular complexity index is 979. The van der Waals surface area contributed by atoms with Gasteiger partial charge in [0, 0.05) is 6.42 Å². The van der Waals surface area contributed by atoms with Crippen molar-refractivity contribution in [3.8, 4) is 0 Å². The van der Waals surface area contributed by atoms with Crippen molar-refractivity contribution in [3.63, 3.8) is 0 Å². The van der Waals surface area contributed by atoms with E-state index < -0.39 is 19.9 Å². The Labute approximate surface area is 319 Å². The molecule has 0 aliphatic rings. The predicted octanol–water partition coefficient (Wildman–Crippen LogP) is 11.5. The normalized spacial score (nSPS) is 14.2. The molecule has 0 aromatic rings. The number of phosphoric ester groups is 1. The highest BCUT2D eigenvalue weighted by Gasteiger charge is 2.25. The third-order valence-electron chi connectivity index (χ3n) is 8.49. The molecule has 0 spiro atoms. The zero-order valence-electron chi connectivity index (χ0n) is 33.4. The van der Waals surface area contributed by atoms with E-state index in [1.54, 1.807) is 0 Å². The van der Waals surface area contributed by atoms with Crippen LogP contribution in [-0.4, -0.2) is 49.9 Å². The van der Waals surface area contributed by atoms with E-state index in [-0.39, 0.29) is 26.2 Å². The quantitative estimate of drug-likeness (QED) is 0.0278. The molecule has 0 bridgehead atoms. The van der Waals surface area contributed by atoms with Crippen molar-refractivity contribution in [1.82, 2.24) is 0 Å². The lowest BCUT2D eigenvalue weighted by Gasteiger charge is -2.19. The first-order valence-corrected chi connectivity index (χ1v) is 22.4. The number of esters is 1. The minimum Gasteiger partial charge on any atom is -0.457 e. The molecule has 0 aromatic carbocycles. The molecule has 1 unspecified atom stereocenters. The Kier molecular flexibility index (Phi) is 39.0. The van der Waals surface area contributed by atoms with Crippen molar-refractivity contribution in [1.29, 1.82) is 0 Å². The molecule has 0 fully saturated rings. The summed E-state index contributed by atoms with van der Waals surface area (Å²) in [6, 6.07) is 0. The summed E-state index contributed by atoms with van der Waals surface area (Å²) in [6.07, 6.45) is 48.6. The molecule has 0 saturated carbocycles. The van der Waals surface area contributed by atoms with Crippen LogP contribution in [0.15, 0.2) is 60.8 Å². The van der Waals surface area contributed by atoms with Crippen molar-refractivity contribution < 1.29 is 38.5 Å². The van der Waals surface area contributed by atoms with E-state index in [2.05, 4.69) is 74.3 Å². The van der Waals surface area contributed by atoms with Gasteiger partial charge in [0.15, 0.2) is 0 Å². The van der Waals surface area contributed by atoms with Gasteiger partial charge in [0.2, 0.25) is 0 Å². The molecule has 4 N–H and O–H groups in total. The number of hydrogen-bond acceptors (Lipinski definition) is 6. The number of quaternary nitrogens is 1. The van der Waals surface area contributed by atoms with Crippen molar-refractivity contribution >= 4 is 13.8 Å². The minimum atomic E-state index is -4.26. The fourth-order valence-electron chi connectivity index (χ4n) is 5.41. The number of phosphoric acid groups is 1. The van der Waals surface area contributed by atoms with Crippen molar-refractivity contribution in [2.75, 3.05) is 33.0 Å². The Morgan fingerprint density at radius 1 is 0.596 bits per heavy atom. The summed E-state index contributed by atoms with van der Waals surface area (Å²) in [5.41, 5.74) is 3.60. The van der Waals surface area contributed by atoms with Crippen LogP contribution in [0.4, 0.5) is 0 Å². The topological polar surface area (TPSA) is 119 Å². The number of allylic oxidation sites excluding steroid dienone is 9. The fraction of sp³-hybridized carbons (Fsp3) is 0.744. The van der Waals surface area contributed by atoms with Crippen LogP contribution in [-0.2, 0) is 27.9 Å². The molecule has 302 valence electrons. The van der Waals surface area contributed by atoms with Crippen LogP contribution in [0.5, 0.6) is 0 Å². The van der Waals surface area contributed by atoms with Crippen molar-refractivity contribution in [2.45, 2.75) is 174 Å². The summed E-state index contributed by atoms with van der Waals surface area (Å²) in [5, 5.41) is 0. The molecule has 8 nitrogen and oxygen atoms in total. The number of carbonyl (C=O) groups excluding carboxylic acids is 1. The van der Waals surface area contributed by atoms with Gasteiger partial charge in [-0.2, -0.15) is 0 Å². The summed E-state index contributed by atoms with van der Waals surface area (Å²) >= 11 is 0. The number of unbranched alkanes of at least 4 members (excludes halogenated alkanes) is 17. The average Bonchev–Trinajstić information content (AvgIpc) is 3.13. The zero-order chi connectivity index (χ0) is 38.1. The molecular weight excluding hydrogens is 673 g/mol. The number of carbonyl (C=O) groups is 1. The lowest BCUT2D eigenvalue weighted by atomic mass is 10.0. The molecule has 0 radical (unpaired) electrons. The third-order valence-corrected chi connectivity index (χ3v) is 9.47. The zero-order valence-corrected chi connectivity index (χ0v) is 34.3. The Balaban J connectivity index is 4.21. The molecule has 0 saturated heterocycles. The minimum absolute atomic E-state index is 0.00371. The molecular formula is C43H79NO7P+. The summed E-state index contributed by atoms with van der Waals surface area (Å²) in [6.45, 7) is 4.96. The first-order valence-electron chi connectivity index (χ1n) is 20.9. The van der Waals surface area contributed by atoms with Gasteiger partial charge in [-0.3, -0.25) is 13.8 Å². The second-order valence-electron chi connectivity index (χ2n) is 13.6. The van der Waals surface area contributed by atoms with E-state index in [4.69, 9.17) is 18.5 Å². The summed E-state index contributed by atoms with van der Waals surface area (Å²) in [7, 11) is -4.26. The molecule has 0 aliphatic heterocycles. The second kappa shape index (κ2) is 40.4. The van der Waals surface area contributed by atoms with Gasteiger partial charge in [-0.15, -0.1) is 0 Å². The van der Waals surface area contributed by atoms with E-state index in [0.29, 0.717) is 19.6 Å². The molecule has 0 rings (SSSR count). The van der Waals surface area contributed by atoms with Gasteiger partial charge >= 0.3 is 13.8 Å². The first kappa shape index (κ1) is 50.2. The predicted molar refractivity (Wildman–Crippen MR) is 218 cm³/mol. The number of rotatable bonds is 39. The standard InChI is InChI=1S/C43H78NO7P/c1-3-5-7-9-11-13-15-17-19-21-22-24-26-28-30-32-34-36-43(45)51-42(41-50-52(46,47)49-39-37-44)40-48-38-35-33-31-29-27-25-23-20-18-16-14-12-10-8-6-4-2/h11,13,17,19,22,24,28,30,33,35,42H,3-10,12,14-16,18,20-21,23,25-27,29,31-32,34,36-41,44H2,1-2H3,(H,46,47)/p+1/b13-11-,19-17-,24-22-,30-28-,35-33+/t42-/m1/s1. The Hall–Kier alpha value is -1.80. The fourth-order valence-corrected chi connectivity index (χ4v) is 6.20. The van der Waals surface area contributed by atoms with E-state index in [1.807, 2.05) is 6.08 Å². The lowest BCUT2D eigenvalue weighted by molar-refractivity contribution is -0.371. The van der Waals surface area contributed by atoms with Crippen LogP contribution in [0.25, 0.3) is 0 Å². The average molecular weight is 753 g/mol. The van der Waals surface area contributed by atoms with Crippen LogP contribution in [0.2, 0.25) is 0 Å². The highest BCUT2D eigenvalue weighted by Crippen LogP contribution is 2.43. The Morgan fingerprint density at radius 2 is 1.04 bits per heavy atom. The molecule has 0 aliphatic carbocycles. The van der Waals surface area contributed by atoms with Crippen LogP contribution in [0, 0.1) is 0 Å². The molecule has 0 aromatic heterocycles. The summed E-state index contributed by atoms with van der Waals surface area (Å²) < 4.78 is 33.3. The van der Waals surface area contributed by atoms with Gasteiger partial charge in [-0.05, 0) is 57.8 Å². The summed E-state index contributed by atoms with van der Waals surface area (Å²) in [5.74, 6) is -0.391. The summed E-state index contributed by atoms with van der Waals surface area (Å²) in [4.78, 5) is 22.4. The maximum atomic E-state index is 12.5. The molecule has 0 amide bonds. The maximum Gasteiger partial charge on any atom is 0.472 e. The van der Waals surface area contributed by atoms with Gasteiger partial charge < -0.3 is 20.1 Å². The van der Waals surface area contributed by atoms with Gasteiger partial charge in [0.25, 0.3) is 0 Å². The van der Waals surface area contributed by atoms with E-state index in [0.717, 1.165) is 32.1 Å². The maximum absolute atomic E-state index is 12.5. The second-order valence-corrected chi connectivity index (χ2v) is 15.0. The highest BCUT2D eigenvalue weighted by molar-refractivity contribution is 7.47. The Morgan fingerprint density at radius 3 is 1.58 bits per heavy atom. The molecule has 9 heteroatoms. The highest BCUT2D eigenvalue weighted by atomic mass is 31.2. The van der Waals surface area contributed by atoms with E-state index in [1.165, 1.54) is 109 Å². The third kappa shape index (κ3) is 39.4. The van der Waals surface area contributed by atoms with E-state index >= 15 is 0 Å². The SMILES string of the molecule is CCCCC/C=C\C/C=C\C/C=C\C/C=C\CCCC(=O)O[C@H](COC/C=C/CCCCCCCCCCCCCCC)COP(=O)(O)OCC[NH3+]. The van der Waals surface area contributed by atoms with Crippen molar-refractivity contribution in [3.05, 3.63) is 60.8 Å². The monoisotopic (exact) mass is 753 g/mol. The lowest BCUT2D eigenvalue weighted by Crippen LogP contribution is -2.52. The van der Waals surface area contributed by atoms with Gasteiger partial charge in [0.1, 0.15) is 12.7 Å². The van der Waals surface area contributed by atoms with Crippen LogP contribution >= 0.6 is 7.82 Å². The molecule has 2 atom stereocenters. The molecule has 52 heavy (non-hydrogen) atoms. The smallest absolute Gasteiger partial charge is 0.457 e. The number of ether oxygens (including phenoxy) is 2. The molecule has 0 heterocycles. The number of hydrogen-bond donors (Lipinski definition) is 2. The van der Waals surface area contributed by atoms with Crippen LogP contribution < -0.4 is 5.73 Å². The largest absolute Gasteiger partial charge is 0.472 e. The van der Waals surface area contributed by atoms with Crippen molar-refractivity contribution in [2.24, 2.45) is 0 Å². The van der Waals surface area contributed by atoms with Gasteiger partial charge in [-0.25, -0.2) is 4.57 Å². The van der Waals surface area contributed by atoms with Crippen LogP contribution in [0.3, 0.4) is 0 Å².